The van der Waals surface area contributed by atoms with Crippen molar-refractivity contribution in [3.05, 3.63) is 48.5 Å². The zero-order valence-corrected chi connectivity index (χ0v) is 8.84. The van der Waals surface area contributed by atoms with Gasteiger partial charge in [0.1, 0.15) is 0 Å². The van der Waals surface area contributed by atoms with Gasteiger partial charge in [-0.3, -0.25) is 4.79 Å². The lowest BCUT2D eigenvalue weighted by molar-refractivity contribution is -0.137. The monoisotopic (exact) mass is 218 g/mol. The third-order valence-corrected chi connectivity index (χ3v) is 1.98. The Morgan fingerprint density at radius 3 is 1.81 bits per heavy atom. The van der Waals surface area contributed by atoms with Crippen LogP contribution >= 0.6 is 0 Å². The fourth-order valence-corrected chi connectivity index (χ4v) is 1.23. The molecule has 84 valence electrons. The molecule has 0 fully saturated rings. The standard InChI is InChI=1S/C10H8.C3H6O3/c1-2-5-9-7-4-8-10(9)6-3-1;4-2-1-3(5)6/h1-8H;4H,1-2H2,(H,5,6). The van der Waals surface area contributed by atoms with Gasteiger partial charge in [-0.15, -0.1) is 0 Å². The van der Waals surface area contributed by atoms with Gasteiger partial charge in [0.05, 0.1) is 13.0 Å². The maximum Gasteiger partial charge on any atom is 0.305 e. The minimum atomic E-state index is -0.961. The molecule has 0 saturated carbocycles. The number of aliphatic carboxylic acids is 1. The van der Waals surface area contributed by atoms with E-state index in [2.05, 4.69) is 42.5 Å². The highest BCUT2D eigenvalue weighted by molar-refractivity contribution is 5.66. The highest BCUT2D eigenvalue weighted by Crippen LogP contribution is 2.19. The SMILES string of the molecule is O=C(O)CCO.c1ccc2cccc-2cc1. The summed E-state index contributed by atoms with van der Waals surface area (Å²) in [6, 6.07) is 16.7. The summed E-state index contributed by atoms with van der Waals surface area (Å²) >= 11 is 0. The first-order valence-corrected chi connectivity index (χ1v) is 5.00. The molecule has 16 heavy (non-hydrogen) atoms. The van der Waals surface area contributed by atoms with Crippen molar-refractivity contribution in [2.45, 2.75) is 6.42 Å². The number of hydrogen-bond donors (Lipinski definition) is 2. The number of carboxylic acids is 1. The molecule has 0 unspecified atom stereocenters. The summed E-state index contributed by atoms with van der Waals surface area (Å²) in [6.45, 7) is -0.269. The number of aliphatic hydroxyl groups excluding tert-OH is 1. The summed E-state index contributed by atoms with van der Waals surface area (Å²) in [6.07, 6.45) is -0.153. The van der Waals surface area contributed by atoms with E-state index in [0.29, 0.717) is 0 Å². The molecule has 0 aromatic carbocycles. The molecule has 0 aromatic heterocycles. The second-order valence-corrected chi connectivity index (χ2v) is 3.21. The molecular weight excluding hydrogens is 204 g/mol. The Morgan fingerprint density at radius 2 is 1.44 bits per heavy atom. The molecule has 0 bridgehead atoms. The fraction of sp³-hybridized carbons (Fsp3) is 0.154. The van der Waals surface area contributed by atoms with Gasteiger partial charge in [-0.05, 0) is 11.1 Å². The number of rotatable bonds is 2. The minimum Gasteiger partial charge on any atom is -0.481 e. The molecule has 0 atom stereocenters. The average molecular weight is 218 g/mol. The van der Waals surface area contributed by atoms with Gasteiger partial charge >= 0.3 is 5.97 Å². The predicted octanol–water partition coefficient (Wildman–Crippen LogP) is 2.24. The van der Waals surface area contributed by atoms with Crippen molar-refractivity contribution in [2.24, 2.45) is 0 Å². The quantitative estimate of drug-likeness (QED) is 0.812. The molecule has 2 aliphatic rings. The van der Waals surface area contributed by atoms with Gasteiger partial charge in [-0.2, -0.15) is 0 Å². The zero-order chi connectivity index (χ0) is 11.8. The molecule has 3 heteroatoms. The number of aliphatic hydroxyl groups is 1. The van der Waals surface area contributed by atoms with Crippen LogP contribution in [0.1, 0.15) is 6.42 Å². The first kappa shape index (κ1) is 12.2. The van der Waals surface area contributed by atoms with E-state index < -0.39 is 5.97 Å². The van der Waals surface area contributed by atoms with Gasteiger partial charge in [0.25, 0.3) is 0 Å². The van der Waals surface area contributed by atoms with Crippen LogP contribution in [0.3, 0.4) is 0 Å². The van der Waals surface area contributed by atoms with Gasteiger partial charge in [-0.25, -0.2) is 0 Å². The lowest BCUT2D eigenvalue weighted by Gasteiger charge is -1.85. The van der Waals surface area contributed by atoms with Gasteiger partial charge in [0.15, 0.2) is 0 Å². The van der Waals surface area contributed by atoms with Gasteiger partial charge in [-0.1, -0.05) is 48.5 Å². The summed E-state index contributed by atoms with van der Waals surface area (Å²) < 4.78 is 0. The van der Waals surface area contributed by atoms with Crippen LogP contribution < -0.4 is 0 Å². The number of fused-ring (bicyclic) bond motifs is 1. The third kappa shape index (κ3) is 4.11. The van der Waals surface area contributed by atoms with Crippen molar-refractivity contribution in [1.29, 1.82) is 0 Å². The summed E-state index contributed by atoms with van der Waals surface area (Å²) in [7, 11) is 0. The summed E-state index contributed by atoms with van der Waals surface area (Å²) in [5.41, 5.74) is 2.62. The molecule has 0 heterocycles. The van der Waals surface area contributed by atoms with Crippen LogP contribution in [0, 0.1) is 0 Å². The van der Waals surface area contributed by atoms with E-state index in [1.54, 1.807) is 0 Å². The van der Waals surface area contributed by atoms with Crippen LogP contribution in [-0.2, 0) is 4.79 Å². The van der Waals surface area contributed by atoms with E-state index in [1.807, 2.05) is 6.07 Å². The smallest absolute Gasteiger partial charge is 0.305 e. The average Bonchev–Trinajstić information content (AvgIpc) is 2.56. The van der Waals surface area contributed by atoms with E-state index in [1.165, 1.54) is 11.1 Å². The number of carboxylic acid groups (broad SMARTS) is 1. The van der Waals surface area contributed by atoms with Crippen molar-refractivity contribution in [3.63, 3.8) is 0 Å². The van der Waals surface area contributed by atoms with Crippen molar-refractivity contribution in [1.82, 2.24) is 0 Å². The largest absolute Gasteiger partial charge is 0.481 e. The lowest BCUT2D eigenvalue weighted by atomic mass is 10.2. The van der Waals surface area contributed by atoms with Crippen molar-refractivity contribution < 1.29 is 15.0 Å². The van der Waals surface area contributed by atoms with E-state index in [-0.39, 0.29) is 13.0 Å². The lowest BCUT2D eigenvalue weighted by Crippen LogP contribution is -1.96. The van der Waals surface area contributed by atoms with Crippen LogP contribution in [0.2, 0.25) is 0 Å². The van der Waals surface area contributed by atoms with Crippen LogP contribution in [0.4, 0.5) is 0 Å². The Morgan fingerprint density at radius 1 is 0.938 bits per heavy atom. The molecule has 0 aromatic rings. The van der Waals surface area contributed by atoms with Crippen molar-refractivity contribution >= 4 is 5.97 Å². The summed E-state index contributed by atoms with van der Waals surface area (Å²) in [4.78, 5) is 9.44. The van der Waals surface area contributed by atoms with E-state index in [0.717, 1.165) is 0 Å². The summed E-state index contributed by atoms with van der Waals surface area (Å²) in [5, 5.41) is 15.6. The number of carbonyl (C=O) groups is 1. The van der Waals surface area contributed by atoms with Crippen LogP contribution in [0.25, 0.3) is 11.1 Å². The Kier molecular flexibility index (Phi) is 5.02. The molecule has 2 aliphatic carbocycles. The molecule has 0 radical (unpaired) electrons. The first-order valence-electron chi connectivity index (χ1n) is 5.00. The van der Waals surface area contributed by atoms with Crippen LogP contribution in [0.5, 0.6) is 0 Å². The second kappa shape index (κ2) is 6.58. The Bertz CT molecular complexity index is 384. The molecule has 2 rings (SSSR count). The molecule has 2 N–H and O–H groups in total. The normalized spacial score (nSPS) is 9.31. The topological polar surface area (TPSA) is 57.5 Å². The van der Waals surface area contributed by atoms with Crippen LogP contribution in [-0.4, -0.2) is 22.8 Å². The Hall–Kier alpha value is -1.87. The van der Waals surface area contributed by atoms with E-state index in [9.17, 15) is 4.79 Å². The van der Waals surface area contributed by atoms with Crippen molar-refractivity contribution in [3.8, 4) is 11.1 Å². The van der Waals surface area contributed by atoms with E-state index in [4.69, 9.17) is 10.2 Å². The minimum absolute atomic E-state index is 0.153. The molecular formula is C13H14O3. The van der Waals surface area contributed by atoms with Gasteiger partial charge in [0.2, 0.25) is 0 Å². The first-order chi connectivity index (χ1) is 7.74. The highest BCUT2D eigenvalue weighted by atomic mass is 16.4. The van der Waals surface area contributed by atoms with Crippen LogP contribution in [0.15, 0.2) is 48.5 Å². The zero-order valence-electron chi connectivity index (χ0n) is 8.84. The third-order valence-electron chi connectivity index (χ3n) is 1.98. The molecule has 0 amide bonds. The molecule has 0 aliphatic heterocycles. The maximum atomic E-state index is 9.44. The molecule has 3 nitrogen and oxygen atoms in total. The Balaban J connectivity index is 0.000000187. The van der Waals surface area contributed by atoms with Gasteiger partial charge in [0, 0.05) is 0 Å². The number of hydrogen-bond acceptors (Lipinski definition) is 2. The predicted molar refractivity (Wildman–Crippen MR) is 62.4 cm³/mol. The van der Waals surface area contributed by atoms with E-state index >= 15 is 0 Å². The maximum absolute atomic E-state index is 9.44. The molecule has 0 saturated heterocycles. The second-order valence-electron chi connectivity index (χ2n) is 3.21. The Labute approximate surface area is 94.3 Å². The highest BCUT2D eigenvalue weighted by Gasteiger charge is 1.94. The fourth-order valence-electron chi connectivity index (χ4n) is 1.23. The molecule has 0 spiro atoms. The van der Waals surface area contributed by atoms with Gasteiger partial charge < -0.3 is 10.2 Å². The summed E-state index contributed by atoms with van der Waals surface area (Å²) in [5.74, 6) is -0.961. The van der Waals surface area contributed by atoms with Crippen molar-refractivity contribution in [2.75, 3.05) is 6.61 Å².